The van der Waals surface area contributed by atoms with Crippen molar-refractivity contribution in [2.24, 2.45) is 17.6 Å². The van der Waals surface area contributed by atoms with Crippen molar-refractivity contribution < 1.29 is 54.0 Å². The van der Waals surface area contributed by atoms with Gasteiger partial charge in [-0.3, -0.25) is 24.1 Å². The molecule has 0 aliphatic heterocycles. The second kappa shape index (κ2) is 20.2. The van der Waals surface area contributed by atoms with Crippen LogP contribution in [0.25, 0.3) is 5.76 Å². The number of phenolic OH excluding ortho intramolecular Hbond substituents is 1. The molecule has 15 heteroatoms. The number of nitrogens with one attached hydrogen (secondary N) is 1. The molecule has 0 spiro atoms. The fraction of sp³-hybridized carbons (Fsp3) is 0.377. The predicted octanol–water partition coefficient (Wildman–Crippen LogP) is 5.95. The first-order valence-corrected chi connectivity index (χ1v) is 25.7. The number of phenols is 1. The summed E-state index contributed by atoms with van der Waals surface area (Å²) in [6.45, 7) is -1.39. The maximum absolute atomic E-state index is 14.3. The number of amides is 2. The van der Waals surface area contributed by atoms with Crippen LogP contribution in [0.15, 0.2) is 120 Å². The minimum atomic E-state index is -3.66. The summed E-state index contributed by atoms with van der Waals surface area (Å²) in [5.74, 6) is -10.2. The van der Waals surface area contributed by atoms with Gasteiger partial charge in [0.25, 0.3) is 5.91 Å². The van der Waals surface area contributed by atoms with Gasteiger partial charge in [-0.15, -0.1) is 0 Å². The third kappa shape index (κ3) is 8.31. The Hall–Kier alpha value is -6.18. The maximum atomic E-state index is 14.3. The molecule has 360 valence electrons. The Kier molecular flexibility index (Phi) is 14.8. The van der Waals surface area contributed by atoms with Crippen LogP contribution in [-0.4, -0.2) is 98.3 Å². The van der Waals surface area contributed by atoms with Crippen molar-refractivity contribution in [3.63, 3.8) is 0 Å². The molecule has 1 saturated carbocycles. The fourth-order valence-electron chi connectivity index (χ4n) is 11.3. The molecule has 6 atom stereocenters. The zero-order chi connectivity index (χ0) is 49.0. The number of carbonyl (C=O) groups excluding carboxylic acids is 5. The van der Waals surface area contributed by atoms with Gasteiger partial charge in [0.2, 0.25) is 5.78 Å². The van der Waals surface area contributed by atoms with Crippen molar-refractivity contribution in [3.05, 3.63) is 131 Å². The number of Topliss-reactive ketones (excluding diaryl/α,β-unsaturated/α-hetero) is 2. The molecular weight excluding hydrogens is 886 g/mol. The molecule has 68 heavy (non-hydrogen) atoms. The van der Waals surface area contributed by atoms with Crippen LogP contribution in [0.4, 0.5) is 5.69 Å². The van der Waals surface area contributed by atoms with Crippen LogP contribution in [-0.2, 0) is 28.5 Å². The Morgan fingerprint density at radius 3 is 1.76 bits per heavy atom. The molecule has 3 aliphatic rings. The molecule has 3 aliphatic carbocycles. The normalized spacial score (nSPS) is 23.0. The van der Waals surface area contributed by atoms with Crippen molar-refractivity contribution in [1.82, 2.24) is 4.90 Å². The topological polar surface area (TPSA) is 237 Å². The van der Waals surface area contributed by atoms with Gasteiger partial charge in [0.05, 0.1) is 29.3 Å². The van der Waals surface area contributed by atoms with Crippen LogP contribution >= 0.6 is 6.83 Å². The molecule has 0 aromatic heterocycles. The van der Waals surface area contributed by atoms with Crippen molar-refractivity contribution in [2.45, 2.75) is 94.8 Å². The average molecular weight is 948 g/mol. The number of nitrogens with zero attached hydrogens (tertiary/aromatic N) is 1. The number of rotatable bonds is 20. The van der Waals surface area contributed by atoms with Gasteiger partial charge in [0, 0.05) is 11.5 Å². The summed E-state index contributed by atoms with van der Waals surface area (Å²) in [4.78, 5) is 67.0. The number of carbonyl (C=O) groups is 5. The van der Waals surface area contributed by atoms with E-state index >= 15 is 0 Å². The van der Waals surface area contributed by atoms with Crippen LogP contribution in [0.5, 0.6) is 5.75 Å². The zero-order valence-corrected chi connectivity index (χ0v) is 39.6. The number of primary amides is 1. The molecule has 0 heterocycles. The summed E-state index contributed by atoms with van der Waals surface area (Å²) in [6.07, 6.45) is 7.42. The molecule has 14 nitrogen and oxygen atoms in total. The number of ketones is 2. The number of nitrogens with two attached hydrogens (primary N) is 1. The molecule has 1 fully saturated rings. The van der Waals surface area contributed by atoms with Crippen molar-refractivity contribution in [2.75, 3.05) is 25.6 Å². The van der Waals surface area contributed by atoms with Gasteiger partial charge in [0.15, 0.2) is 11.4 Å². The number of aliphatic hydroxyl groups is 4. The number of fused-ring (bicyclic) bond motifs is 3. The number of likely N-dealkylation sites (N-methyl/N-ethyl adjacent to an activating group) is 1. The smallest absolute Gasteiger partial charge is 0.255 e. The molecule has 0 bridgehead atoms. The third-order valence-electron chi connectivity index (χ3n) is 14.6. The minimum Gasteiger partial charge on any atom is -0.508 e. The Bertz CT molecular complexity index is 2520. The van der Waals surface area contributed by atoms with E-state index in [0.29, 0.717) is 24.6 Å². The molecule has 4 aromatic carbocycles. The number of aliphatic hydroxyl groups excluding tert-OH is 3. The standard InChI is InChI=1S/C53H62N3O11P/c1-33-37-29-30-38(46(59)41(37)47(60)42-40(33)48(61)44-45(56(2)3)49(62)43(52(54)65)51(64)53(44,66)50(42)63)55-39(58)28-20-9-7-5-4-6-8-10-21-31-68(67-32-57,34-22-14-11-15-23-34,35-24-16-12-17-25-35)36-26-18-13-19-27-36/h11-19,22-27,29-30,32-33,40,44-45,48,59-61,64,66H,4-10,20-21,28,31H2,1-3H3,(H2,54,65)(H,55,58)/t33-,40+,44+,45-,48-,53-/m0/s1. The van der Waals surface area contributed by atoms with Crippen LogP contribution in [0.1, 0.15) is 88.2 Å². The van der Waals surface area contributed by atoms with Gasteiger partial charge in [-0.05, 0) is 31.6 Å². The summed E-state index contributed by atoms with van der Waals surface area (Å²) in [5.41, 5.74) is 1.01. The largest absolute Gasteiger partial charge is 0.508 e. The average Bonchev–Trinajstić information content (AvgIpc) is 3.33. The minimum absolute atomic E-state index is 0.0265. The van der Waals surface area contributed by atoms with Crippen LogP contribution in [0.2, 0.25) is 0 Å². The first-order valence-electron chi connectivity index (χ1n) is 23.4. The quantitative estimate of drug-likeness (QED) is 0.0179. The summed E-state index contributed by atoms with van der Waals surface area (Å²) in [5, 5.41) is 63.8. The Balaban J connectivity index is 0.936. The van der Waals surface area contributed by atoms with E-state index in [1.807, 2.05) is 54.6 Å². The molecular formula is C53H62N3O11P. The van der Waals surface area contributed by atoms with E-state index in [4.69, 9.17) is 10.3 Å². The van der Waals surface area contributed by atoms with Crippen LogP contribution in [0.3, 0.4) is 0 Å². The SMILES string of the molecule is C[C@H]1c2ccc(NC(=O)CCCCCCCCCCCP(OC=O)(c3ccccc3)(c3ccccc3)c3ccccc3)c(O)c2C(O)=C2C(=O)[C@]3(O)C(O)=C(C(N)=O)C(=O)[C@@H](N(C)C)[C@@H]3[C@@H](O)[C@@H]21. The first-order chi connectivity index (χ1) is 32.6. The van der Waals surface area contributed by atoms with E-state index in [-0.39, 0.29) is 23.6 Å². The second-order valence-electron chi connectivity index (χ2n) is 18.6. The van der Waals surface area contributed by atoms with Gasteiger partial charge in [-0.2, -0.15) is 0 Å². The summed E-state index contributed by atoms with van der Waals surface area (Å²) < 4.78 is 6.55. The summed E-state index contributed by atoms with van der Waals surface area (Å²) in [7, 11) is 2.89. The van der Waals surface area contributed by atoms with Gasteiger partial charge in [0.1, 0.15) is 22.8 Å². The Morgan fingerprint density at radius 1 is 0.779 bits per heavy atom. The van der Waals surface area contributed by atoms with Crippen molar-refractivity contribution in [1.29, 1.82) is 0 Å². The number of hydrogen-bond acceptors (Lipinski definition) is 12. The molecule has 7 rings (SSSR count). The van der Waals surface area contributed by atoms with E-state index in [9.17, 15) is 49.5 Å². The molecule has 0 saturated heterocycles. The fourth-order valence-corrected chi connectivity index (χ4v) is 16.8. The molecule has 8 N–H and O–H groups in total. The predicted molar refractivity (Wildman–Crippen MR) is 262 cm³/mol. The number of hydrogen-bond donors (Lipinski definition) is 7. The number of aromatic hydroxyl groups is 1. The summed E-state index contributed by atoms with van der Waals surface area (Å²) >= 11 is 0. The molecule has 0 unspecified atom stereocenters. The Labute approximate surface area is 396 Å². The van der Waals surface area contributed by atoms with Gasteiger partial charge in [-0.1, -0.05) is 13.0 Å². The number of unbranched alkanes of at least 4 members (excludes halogenated alkanes) is 8. The Morgan fingerprint density at radius 2 is 1.28 bits per heavy atom. The van der Waals surface area contributed by atoms with E-state index in [0.717, 1.165) is 67.3 Å². The van der Waals surface area contributed by atoms with E-state index < -0.39 is 88.2 Å². The molecule has 0 radical (unpaired) electrons. The number of benzene rings is 4. The summed E-state index contributed by atoms with van der Waals surface area (Å²) in [6, 6.07) is 32.0. The van der Waals surface area contributed by atoms with Crippen molar-refractivity contribution >= 4 is 64.0 Å². The first kappa shape index (κ1) is 49.7. The molecule has 2 amide bonds. The van der Waals surface area contributed by atoms with Crippen LogP contribution in [0, 0.1) is 11.8 Å². The van der Waals surface area contributed by atoms with Crippen molar-refractivity contribution in [3.8, 4) is 5.75 Å². The third-order valence-corrected chi connectivity index (χ3v) is 20.5. The number of anilines is 1. The van der Waals surface area contributed by atoms with Gasteiger partial charge in [-0.25, -0.2) is 0 Å². The van der Waals surface area contributed by atoms with Gasteiger partial charge < -0.3 is 36.6 Å². The molecule has 4 aromatic rings. The van der Waals surface area contributed by atoms with Crippen LogP contribution < -0.4 is 27.0 Å². The monoisotopic (exact) mass is 947 g/mol. The van der Waals surface area contributed by atoms with Gasteiger partial charge >= 0.3 is 206 Å². The maximum Gasteiger partial charge on any atom is 0.255 e. The van der Waals surface area contributed by atoms with E-state index in [1.54, 1.807) is 13.0 Å². The van der Waals surface area contributed by atoms with E-state index in [2.05, 4.69) is 41.7 Å². The zero-order valence-electron chi connectivity index (χ0n) is 38.7. The van der Waals surface area contributed by atoms with E-state index in [1.165, 1.54) is 25.1 Å². The second-order valence-corrected chi connectivity index (χ2v) is 23.2.